The number of benzene rings is 1. The molecule has 14 heavy (non-hydrogen) atoms. The number of aryl methyl sites for hydroxylation is 1. The van der Waals surface area contributed by atoms with Crippen molar-refractivity contribution in [1.82, 2.24) is 0 Å². The zero-order valence-electron chi connectivity index (χ0n) is 8.66. The zero-order chi connectivity index (χ0) is 10.6. The summed E-state index contributed by atoms with van der Waals surface area (Å²) < 4.78 is 0. The quantitative estimate of drug-likeness (QED) is 0.741. The molecule has 0 aliphatic heterocycles. The average Bonchev–Trinajstić information content (AvgIpc) is 2.14. The maximum atomic E-state index is 10.2. The minimum atomic E-state index is -0.789. The van der Waals surface area contributed by atoms with Gasteiger partial charge in [0.15, 0.2) is 0 Å². The van der Waals surface area contributed by atoms with E-state index < -0.39 is 5.60 Å². The van der Waals surface area contributed by atoms with E-state index in [0.717, 1.165) is 23.8 Å². The van der Waals surface area contributed by atoms with Crippen LogP contribution in [-0.2, 0) is 16.8 Å². The van der Waals surface area contributed by atoms with Gasteiger partial charge < -0.3 is 9.90 Å². The van der Waals surface area contributed by atoms with Crippen LogP contribution in [0.25, 0.3) is 0 Å². The molecule has 0 heterocycles. The van der Waals surface area contributed by atoms with Gasteiger partial charge in [0.05, 0.1) is 5.60 Å². The minimum Gasteiger partial charge on any atom is -0.386 e. The highest BCUT2D eigenvalue weighted by atomic mass is 16.3. The summed E-state index contributed by atoms with van der Waals surface area (Å²) in [4.78, 5) is 10.2. The summed E-state index contributed by atoms with van der Waals surface area (Å²) in [5.41, 5.74) is 1.24. The topological polar surface area (TPSA) is 37.3 Å². The molecular formula is C12H16O2. The third kappa shape index (κ3) is 2.96. The maximum absolute atomic E-state index is 10.2. The number of carbonyl (C=O) groups is 1. The lowest BCUT2D eigenvalue weighted by Crippen LogP contribution is -2.15. The van der Waals surface area contributed by atoms with Crippen molar-refractivity contribution in [2.24, 2.45) is 0 Å². The van der Waals surface area contributed by atoms with E-state index in [-0.39, 0.29) is 0 Å². The van der Waals surface area contributed by atoms with Crippen LogP contribution < -0.4 is 0 Å². The van der Waals surface area contributed by atoms with Crippen LogP contribution in [0.3, 0.4) is 0 Å². The molecule has 1 rings (SSSR count). The fourth-order valence-corrected chi connectivity index (χ4v) is 1.30. The highest BCUT2D eigenvalue weighted by molar-refractivity contribution is 5.50. The van der Waals surface area contributed by atoms with E-state index >= 15 is 0 Å². The second kappa shape index (κ2) is 4.38. The van der Waals surface area contributed by atoms with Crippen LogP contribution in [0.1, 0.15) is 31.4 Å². The van der Waals surface area contributed by atoms with Gasteiger partial charge in [0.1, 0.15) is 6.29 Å². The van der Waals surface area contributed by atoms with E-state index in [9.17, 15) is 9.90 Å². The molecule has 0 saturated carbocycles. The largest absolute Gasteiger partial charge is 0.386 e. The van der Waals surface area contributed by atoms with Crippen molar-refractivity contribution in [2.45, 2.75) is 32.3 Å². The van der Waals surface area contributed by atoms with Crippen LogP contribution >= 0.6 is 0 Å². The smallest absolute Gasteiger partial charge is 0.120 e. The Morgan fingerprint density at radius 2 is 1.86 bits per heavy atom. The van der Waals surface area contributed by atoms with Gasteiger partial charge in [0.25, 0.3) is 0 Å². The highest BCUT2D eigenvalue weighted by Crippen LogP contribution is 2.19. The lowest BCUT2D eigenvalue weighted by Gasteiger charge is -2.17. The van der Waals surface area contributed by atoms with Crippen LogP contribution in [-0.4, -0.2) is 11.4 Å². The molecule has 0 unspecified atom stereocenters. The molecule has 0 fully saturated rings. The molecule has 0 aromatic heterocycles. The molecule has 0 atom stereocenters. The number of aldehydes is 1. The molecule has 76 valence electrons. The second-order valence-corrected chi connectivity index (χ2v) is 3.96. The summed E-state index contributed by atoms with van der Waals surface area (Å²) in [6.45, 7) is 3.51. The van der Waals surface area contributed by atoms with Crippen molar-refractivity contribution >= 4 is 6.29 Å². The fraction of sp³-hybridized carbons (Fsp3) is 0.417. The summed E-state index contributed by atoms with van der Waals surface area (Å²) in [7, 11) is 0. The lowest BCUT2D eigenvalue weighted by molar-refractivity contribution is -0.107. The standard InChI is InChI=1S/C12H16O2/c1-12(2,14)11-7-5-10(6-8-11)4-3-9-13/h5-9,14H,3-4H2,1-2H3. The fourth-order valence-electron chi connectivity index (χ4n) is 1.30. The van der Waals surface area contributed by atoms with Crippen LogP contribution in [0.15, 0.2) is 24.3 Å². The molecule has 0 amide bonds. The van der Waals surface area contributed by atoms with Gasteiger partial charge in [-0.15, -0.1) is 0 Å². The Balaban J connectivity index is 2.73. The van der Waals surface area contributed by atoms with E-state index in [4.69, 9.17) is 0 Å². The van der Waals surface area contributed by atoms with Crippen molar-refractivity contribution in [3.8, 4) is 0 Å². The third-order valence-corrected chi connectivity index (χ3v) is 2.21. The van der Waals surface area contributed by atoms with Gasteiger partial charge in [0, 0.05) is 6.42 Å². The van der Waals surface area contributed by atoms with Crippen molar-refractivity contribution in [3.63, 3.8) is 0 Å². The maximum Gasteiger partial charge on any atom is 0.120 e. The van der Waals surface area contributed by atoms with Crippen molar-refractivity contribution in [1.29, 1.82) is 0 Å². The van der Waals surface area contributed by atoms with Gasteiger partial charge in [0.2, 0.25) is 0 Å². The number of carbonyl (C=O) groups excluding carboxylic acids is 1. The molecule has 1 N–H and O–H groups in total. The second-order valence-electron chi connectivity index (χ2n) is 3.96. The van der Waals surface area contributed by atoms with E-state index in [1.54, 1.807) is 13.8 Å². The molecule has 0 aliphatic rings. The summed E-state index contributed by atoms with van der Waals surface area (Å²) in [6.07, 6.45) is 2.25. The van der Waals surface area contributed by atoms with Crippen LogP contribution in [0.4, 0.5) is 0 Å². The Hall–Kier alpha value is -1.15. The molecule has 1 aromatic rings. The summed E-state index contributed by atoms with van der Waals surface area (Å²) >= 11 is 0. The van der Waals surface area contributed by atoms with Crippen LogP contribution in [0.2, 0.25) is 0 Å². The normalized spacial score (nSPS) is 11.4. The molecular weight excluding hydrogens is 176 g/mol. The number of hydrogen-bond donors (Lipinski definition) is 1. The zero-order valence-corrected chi connectivity index (χ0v) is 8.66. The van der Waals surface area contributed by atoms with Gasteiger partial charge >= 0.3 is 0 Å². The monoisotopic (exact) mass is 192 g/mol. The predicted molar refractivity (Wildman–Crippen MR) is 56.1 cm³/mol. The van der Waals surface area contributed by atoms with Crippen molar-refractivity contribution in [3.05, 3.63) is 35.4 Å². The van der Waals surface area contributed by atoms with Gasteiger partial charge in [-0.05, 0) is 31.4 Å². The van der Waals surface area contributed by atoms with Crippen molar-refractivity contribution in [2.75, 3.05) is 0 Å². The van der Waals surface area contributed by atoms with E-state index in [2.05, 4.69) is 0 Å². The molecule has 2 heteroatoms. The van der Waals surface area contributed by atoms with Gasteiger partial charge in [-0.1, -0.05) is 24.3 Å². The Labute approximate surface area is 84.6 Å². The summed E-state index contributed by atoms with van der Waals surface area (Å²) in [5, 5.41) is 9.70. The average molecular weight is 192 g/mol. The molecule has 0 spiro atoms. The Morgan fingerprint density at radius 3 is 2.29 bits per heavy atom. The Kier molecular flexibility index (Phi) is 3.42. The van der Waals surface area contributed by atoms with Crippen molar-refractivity contribution < 1.29 is 9.90 Å². The first-order valence-corrected chi connectivity index (χ1v) is 4.79. The lowest BCUT2D eigenvalue weighted by atomic mass is 9.96. The number of aliphatic hydroxyl groups is 1. The molecule has 0 radical (unpaired) electrons. The van der Waals surface area contributed by atoms with Gasteiger partial charge in [-0.3, -0.25) is 0 Å². The predicted octanol–water partition coefficient (Wildman–Crippen LogP) is 2.05. The molecule has 0 bridgehead atoms. The van der Waals surface area contributed by atoms with E-state index in [1.165, 1.54) is 0 Å². The van der Waals surface area contributed by atoms with Gasteiger partial charge in [-0.25, -0.2) is 0 Å². The number of rotatable bonds is 4. The SMILES string of the molecule is CC(C)(O)c1ccc(CCC=O)cc1. The first-order chi connectivity index (χ1) is 6.54. The first kappa shape index (κ1) is 10.9. The van der Waals surface area contributed by atoms with E-state index in [0.29, 0.717) is 6.42 Å². The number of hydrogen-bond acceptors (Lipinski definition) is 2. The van der Waals surface area contributed by atoms with Gasteiger partial charge in [-0.2, -0.15) is 0 Å². The third-order valence-electron chi connectivity index (χ3n) is 2.21. The molecule has 0 aliphatic carbocycles. The minimum absolute atomic E-state index is 0.557. The van der Waals surface area contributed by atoms with E-state index in [1.807, 2.05) is 24.3 Å². The first-order valence-electron chi connectivity index (χ1n) is 4.79. The highest BCUT2D eigenvalue weighted by Gasteiger charge is 2.14. The van der Waals surface area contributed by atoms with Crippen LogP contribution in [0.5, 0.6) is 0 Å². The molecule has 2 nitrogen and oxygen atoms in total. The molecule has 0 saturated heterocycles. The Morgan fingerprint density at radius 1 is 1.29 bits per heavy atom. The summed E-state index contributed by atoms with van der Waals surface area (Å²) in [6, 6.07) is 7.72. The summed E-state index contributed by atoms with van der Waals surface area (Å²) in [5.74, 6) is 0. The van der Waals surface area contributed by atoms with Crippen LogP contribution in [0, 0.1) is 0 Å². The Bertz CT molecular complexity index is 293. The molecule has 1 aromatic carbocycles.